The Morgan fingerprint density at radius 3 is 2.85 bits per heavy atom. The van der Waals surface area contributed by atoms with E-state index in [9.17, 15) is 9.90 Å². The van der Waals surface area contributed by atoms with Crippen LogP contribution in [0.5, 0.6) is 5.75 Å². The summed E-state index contributed by atoms with van der Waals surface area (Å²) in [6.45, 7) is 4.21. The minimum absolute atomic E-state index is 0.0484. The fourth-order valence-corrected chi connectivity index (χ4v) is 2.28. The molecule has 1 aromatic carbocycles. The number of hydrogen-bond acceptors (Lipinski definition) is 4. The first kappa shape index (κ1) is 14.3. The second-order valence-electron chi connectivity index (χ2n) is 4.61. The molecule has 0 saturated carbocycles. The topological polar surface area (TPSA) is 82.9 Å². The van der Waals surface area contributed by atoms with Gasteiger partial charge in [-0.25, -0.2) is 0 Å². The minimum atomic E-state index is -0.354. The maximum absolute atomic E-state index is 12.0. The van der Waals surface area contributed by atoms with Crippen molar-refractivity contribution in [3.63, 3.8) is 0 Å². The van der Waals surface area contributed by atoms with Crippen LogP contribution in [0.15, 0.2) is 24.3 Å². The molecule has 0 unspecified atom stereocenters. The zero-order valence-corrected chi connectivity index (χ0v) is 12.1. The fourth-order valence-electron chi connectivity index (χ4n) is 1.91. The second kappa shape index (κ2) is 5.87. The molecule has 2 aromatic rings. The monoisotopic (exact) mass is 292 g/mol. The van der Waals surface area contributed by atoms with Crippen molar-refractivity contribution in [1.29, 1.82) is 0 Å². The third kappa shape index (κ3) is 2.88. The van der Waals surface area contributed by atoms with Crippen LogP contribution in [-0.4, -0.2) is 25.8 Å². The maximum Gasteiger partial charge on any atom is 0.255 e. The SMILES string of the molecule is CC(C)n1c(CNC(=O)c2ccccc2O)n[nH]c1=S. The fraction of sp³-hybridized carbons (Fsp3) is 0.308. The first-order valence-corrected chi connectivity index (χ1v) is 6.63. The van der Waals surface area contributed by atoms with E-state index >= 15 is 0 Å². The standard InChI is InChI=1S/C13H16N4O2S/c1-8(2)17-11(15-16-13(17)20)7-14-12(19)9-5-3-4-6-10(9)18/h3-6,8,18H,7H2,1-2H3,(H,14,19)(H,16,20). The number of aromatic amines is 1. The third-order valence-electron chi connectivity index (χ3n) is 2.85. The average molecular weight is 292 g/mol. The number of phenols is 1. The van der Waals surface area contributed by atoms with Crippen LogP contribution in [0, 0.1) is 4.77 Å². The van der Waals surface area contributed by atoms with Crippen LogP contribution in [0.1, 0.15) is 36.1 Å². The smallest absolute Gasteiger partial charge is 0.255 e. The Hall–Kier alpha value is -2.15. The third-order valence-corrected chi connectivity index (χ3v) is 3.14. The van der Waals surface area contributed by atoms with Gasteiger partial charge in [0, 0.05) is 6.04 Å². The highest BCUT2D eigenvalue weighted by Gasteiger charge is 2.13. The van der Waals surface area contributed by atoms with Gasteiger partial charge in [-0.3, -0.25) is 9.89 Å². The number of benzene rings is 1. The summed E-state index contributed by atoms with van der Waals surface area (Å²) in [7, 11) is 0. The highest BCUT2D eigenvalue weighted by atomic mass is 32.1. The summed E-state index contributed by atoms with van der Waals surface area (Å²) in [4.78, 5) is 12.0. The number of hydrogen-bond donors (Lipinski definition) is 3. The predicted molar refractivity (Wildman–Crippen MR) is 77.1 cm³/mol. The summed E-state index contributed by atoms with van der Waals surface area (Å²) in [5.41, 5.74) is 0.234. The lowest BCUT2D eigenvalue weighted by Gasteiger charge is -2.11. The number of nitrogens with one attached hydrogen (secondary N) is 2. The lowest BCUT2D eigenvalue weighted by molar-refractivity contribution is 0.0946. The van der Waals surface area contributed by atoms with Crippen molar-refractivity contribution in [2.24, 2.45) is 0 Å². The summed E-state index contributed by atoms with van der Waals surface area (Å²) < 4.78 is 2.35. The van der Waals surface area contributed by atoms with E-state index in [1.165, 1.54) is 6.07 Å². The number of carbonyl (C=O) groups excluding carboxylic acids is 1. The zero-order valence-electron chi connectivity index (χ0n) is 11.3. The molecule has 0 atom stereocenters. The van der Waals surface area contributed by atoms with Gasteiger partial charge in [-0.15, -0.1) is 0 Å². The van der Waals surface area contributed by atoms with Crippen LogP contribution in [0.3, 0.4) is 0 Å². The molecule has 0 aliphatic carbocycles. The quantitative estimate of drug-likeness (QED) is 0.754. The van der Waals surface area contributed by atoms with Gasteiger partial charge in [0.2, 0.25) is 0 Å². The van der Waals surface area contributed by atoms with E-state index in [2.05, 4.69) is 15.5 Å². The molecule has 3 N–H and O–H groups in total. The normalized spacial score (nSPS) is 10.8. The molecular weight excluding hydrogens is 276 g/mol. The van der Waals surface area contributed by atoms with Crippen LogP contribution in [0.25, 0.3) is 0 Å². The van der Waals surface area contributed by atoms with Crippen LogP contribution in [0.4, 0.5) is 0 Å². The Bertz CT molecular complexity index is 675. The van der Waals surface area contributed by atoms with Crippen molar-refractivity contribution in [3.05, 3.63) is 40.4 Å². The Morgan fingerprint density at radius 1 is 1.50 bits per heavy atom. The molecule has 1 amide bonds. The van der Waals surface area contributed by atoms with Crippen LogP contribution < -0.4 is 5.32 Å². The molecule has 7 heteroatoms. The van der Waals surface area contributed by atoms with Crippen molar-refractivity contribution in [2.75, 3.05) is 0 Å². The zero-order chi connectivity index (χ0) is 14.7. The number of nitrogens with zero attached hydrogens (tertiary/aromatic N) is 2. The number of para-hydroxylation sites is 1. The molecule has 0 radical (unpaired) electrons. The van der Waals surface area contributed by atoms with E-state index in [1.54, 1.807) is 18.2 Å². The van der Waals surface area contributed by atoms with Crippen LogP contribution in [0.2, 0.25) is 0 Å². The number of amides is 1. The lowest BCUT2D eigenvalue weighted by atomic mass is 10.2. The molecule has 0 spiro atoms. The minimum Gasteiger partial charge on any atom is -0.507 e. The number of aromatic hydroxyl groups is 1. The summed E-state index contributed by atoms with van der Waals surface area (Å²) in [6.07, 6.45) is 0. The first-order chi connectivity index (χ1) is 9.50. The molecule has 0 fully saturated rings. The lowest BCUT2D eigenvalue weighted by Crippen LogP contribution is -2.25. The van der Waals surface area contributed by atoms with Crippen molar-refractivity contribution >= 4 is 18.1 Å². The molecule has 0 saturated heterocycles. The van der Waals surface area contributed by atoms with E-state index in [-0.39, 0.29) is 29.8 Å². The van der Waals surface area contributed by atoms with Gasteiger partial charge >= 0.3 is 0 Å². The maximum atomic E-state index is 12.0. The molecule has 0 bridgehead atoms. The van der Waals surface area contributed by atoms with Crippen LogP contribution in [-0.2, 0) is 6.54 Å². The summed E-state index contributed by atoms with van der Waals surface area (Å²) in [6, 6.07) is 6.54. The van der Waals surface area contributed by atoms with Gasteiger partial charge in [-0.2, -0.15) is 5.10 Å². The molecule has 2 rings (SSSR count). The number of carbonyl (C=O) groups is 1. The predicted octanol–water partition coefficient (Wildman–Crippen LogP) is 2.16. The Morgan fingerprint density at radius 2 is 2.20 bits per heavy atom. The van der Waals surface area contributed by atoms with E-state index in [4.69, 9.17) is 12.2 Å². The van der Waals surface area contributed by atoms with Gasteiger partial charge in [-0.05, 0) is 38.2 Å². The molecule has 1 aromatic heterocycles. The number of H-pyrrole nitrogens is 1. The molecule has 106 valence electrons. The average Bonchev–Trinajstić information content (AvgIpc) is 2.78. The molecule has 0 aliphatic heterocycles. The summed E-state index contributed by atoms with van der Waals surface area (Å²) in [5.74, 6) is 0.244. The van der Waals surface area contributed by atoms with Crippen molar-refractivity contribution in [3.8, 4) is 5.75 Å². The molecular formula is C13H16N4O2S. The summed E-state index contributed by atoms with van der Waals surface area (Å²) in [5, 5.41) is 19.1. The van der Waals surface area contributed by atoms with Gasteiger partial charge in [0.1, 0.15) is 5.75 Å². The molecule has 0 aliphatic rings. The highest BCUT2D eigenvalue weighted by Crippen LogP contribution is 2.15. The molecule has 6 nitrogen and oxygen atoms in total. The molecule has 1 heterocycles. The number of rotatable bonds is 4. The van der Waals surface area contributed by atoms with Gasteiger partial charge in [0.05, 0.1) is 12.1 Å². The van der Waals surface area contributed by atoms with E-state index in [0.29, 0.717) is 10.6 Å². The van der Waals surface area contributed by atoms with Crippen molar-refractivity contribution in [2.45, 2.75) is 26.4 Å². The van der Waals surface area contributed by atoms with Gasteiger partial charge in [0.15, 0.2) is 10.6 Å². The Labute approximate surface area is 121 Å². The molecule has 20 heavy (non-hydrogen) atoms. The first-order valence-electron chi connectivity index (χ1n) is 6.22. The van der Waals surface area contributed by atoms with Crippen molar-refractivity contribution in [1.82, 2.24) is 20.1 Å². The van der Waals surface area contributed by atoms with Gasteiger partial charge in [-0.1, -0.05) is 12.1 Å². The largest absolute Gasteiger partial charge is 0.507 e. The van der Waals surface area contributed by atoms with Crippen LogP contribution >= 0.6 is 12.2 Å². The number of phenolic OH excluding ortho intramolecular Hbond substituents is 1. The van der Waals surface area contributed by atoms with Gasteiger partial charge < -0.3 is 15.0 Å². The summed E-state index contributed by atoms with van der Waals surface area (Å²) >= 11 is 5.14. The van der Waals surface area contributed by atoms with E-state index < -0.39 is 0 Å². The number of aromatic nitrogens is 3. The highest BCUT2D eigenvalue weighted by molar-refractivity contribution is 7.71. The van der Waals surface area contributed by atoms with Crippen molar-refractivity contribution < 1.29 is 9.90 Å². The Balaban J connectivity index is 2.12. The second-order valence-corrected chi connectivity index (χ2v) is 5.00. The Kier molecular flexibility index (Phi) is 4.19. The van der Waals surface area contributed by atoms with E-state index in [1.807, 2.05) is 18.4 Å². The van der Waals surface area contributed by atoms with E-state index in [0.717, 1.165) is 0 Å². The van der Waals surface area contributed by atoms with Gasteiger partial charge in [0.25, 0.3) is 5.91 Å².